The van der Waals surface area contributed by atoms with Gasteiger partial charge in [0.1, 0.15) is 18.2 Å². The van der Waals surface area contributed by atoms with Crippen LogP contribution < -0.4 is 4.74 Å². The average molecular weight is 343 g/mol. The number of fused-ring (bicyclic) bond motifs is 1. The maximum absolute atomic E-state index is 13.1. The minimum Gasteiger partial charge on any atom is -0.492 e. The van der Waals surface area contributed by atoms with Crippen molar-refractivity contribution in [3.8, 4) is 5.75 Å². The maximum Gasteiger partial charge on any atom is 0.123 e. The van der Waals surface area contributed by atoms with Gasteiger partial charge >= 0.3 is 0 Å². The van der Waals surface area contributed by atoms with E-state index in [9.17, 15) is 9.50 Å². The van der Waals surface area contributed by atoms with Crippen LogP contribution in [0, 0.1) is 11.7 Å². The minimum atomic E-state index is -0.445. The molecule has 0 amide bonds. The molecule has 0 radical (unpaired) electrons. The zero-order chi connectivity index (χ0) is 17.8. The Bertz CT molecular complexity index is 700. The Labute approximate surface area is 149 Å². The van der Waals surface area contributed by atoms with Crippen molar-refractivity contribution in [2.24, 2.45) is 5.92 Å². The molecular weight excluding hydrogens is 317 g/mol. The fourth-order valence-corrected chi connectivity index (χ4v) is 3.24. The molecule has 1 atom stereocenters. The van der Waals surface area contributed by atoms with E-state index >= 15 is 0 Å². The molecule has 1 aliphatic heterocycles. The normalized spacial score (nSPS) is 16.2. The van der Waals surface area contributed by atoms with Crippen molar-refractivity contribution in [2.45, 2.75) is 39.5 Å². The number of aliphatic hydroxyl groups is 1. The number of hydrogen-bond acceptors (Lipinski definition) is 3. The van der Waals surface area contributed by atoms with Gasteiger partial charge in [-0.25, -0.2) is 4.39 Å². The second kappa shape index (κ2) is 7.98. The Morgan fingerprint density at radius 2 is 1.92 bits per heavy atom. The van der Waals surface area contributed by atoms with Crippen LogP contribution in [0.3, 0.4) is 0 Å². The molecule has 0 bridgehead atoms. The fraction of sp³-hybridized carbons (Fsp3) is 0.429. The van der Waals surface area contributed by atoms with E-state index in [2.05, 4.69) is 24.8 Å². The molecule has 4 heteroatoms. The first kappa shape index (κ1) is 17.9. The summed E-state index contributed by atoms with van der Waals surface area (Å²) in [7, 11) is 0. The summed E-state index contributed by atoms with van der Waals surface area (Å²) >= 11 is 0. The van der Waals surface area contributed by atoms with Crippen molar-refractivity contribution in [1.29, 1.82) is 0 Å². The summed E-state index contributed by atoms with van der Waals surface area (Å²) in [6.07, 6.45) is 0.304. The SMILES string of the molecule is CC(C)CC(O)c1ccc2c(c1)CN(Cc1ccc(F)cc1)CCO2. The molecule has 0 saturated heterocycles. The van der Waals surface area contributed by atoms with Gasteiger partial charge in [-0.3, -0.25) is 4.90 Å². The highest BCUT2D eigenvalue weighted by atomic mass is 19.1. The van der Waals surface area contributed by atoms with E-state index in [-0.39, 0.29) is 5.82 Å². The summed E-state index contributed by atoms with van der Waals surface area (Å²) in [5.74, 6) is 1.12. The lowest BCUT2D eigenvalue weighted by Crippen LogP contribution is -2.25. The van der Waals surface area contributed by atoms with Crippen molar-refractivity contribution in [1.82, 2.24) is 4.90 Å². The average Bonchev–Trinajstić information content (AvgIpc) is 2.77. The van der Waals surface area contributed by atoms with E-state index in [4.69, 9.17) is 4.74 Å². The lowest BCUT2D eigenvalue weighted by atomic mass is 9.97. The minimum absolute atomic E-state index is 0.211. The second-order valence-electron chi connectivity index (χ2n) is 7.20. The summed E-state index contributed by atoms with van der Waals surface area (Å²) in [5, 5.41) is 10.4. The molecule has 134 valence electrons. The van der Waals surface area contributed by atoms with Crippen molar-refractivity contribution in [3.63, 3.8) is 0 Å². The molecule has 1 heterocycles. The number of nitrogens with zero attached hydrogens (tertiary/aromatic N) is 1. The van der Waals surface area contributed by atoms with E-state index in [0.717, 1.165) is 48.5 Å². The number of hydrogen-bond donors (Lipinski definition) is 1. The third kappa shape index (κ3) is 4.80. The first-order valence-electron chi connectivity index (χ1n) is 8.92. The molecule has 25 heavy (non-hydrogen) atoms. The first-order valence-corrected chi connectivity index (χ1v) is 8.92. The number of halogens is 1. The molecule has 0 fully saturated rings. The third-order valence-electron chi connectivity index (χ3n) is 4.54. The van der Waals surface area contributed by atoms with Crippen LogP contribution in [-0.4, -0.2) is 23.2 Å². The van der Waals surface area contributed by atoms with E-state index in [0.29, 0.717) is 12.5 Å². The van der Waals surface area contributed by atoms with Crippen LogP contribution in [0.2, 0.25) is 0 Å². The Morgan fingerprint density at radius 1 is 1.16 bits per heavy atom. The highest BCUT2D eigenvalue weighted by Gasteiger charge is 2.18. The van der Waals surface area contributed by atoms with Gasteiger partial charge in [0.05, 0.1) is 6.10 Å². The quantitative estimate of drug-likeness (QED) is 0.878. The van der Waals surface area contributed by atoms with E-state index in [1.165, 1.54) is 12.1 Å². The van der Waals surface area contributed by atoms with E-state index in [1.54, 1.807) is 0 Å². The summed E-state index contributed by atoms with van der Waals surface area (Å²) in [4.78, 5) is 2.29. The molecule has 3 rings (SSSR count). The lowest BCUT2D eigenvalue weighted by molar-refractivity contribution is 0.151. The second-order valence-corrected chi connectivity index (χ2v) is 7.20. The summed E-state index contributed by atoms with van der Waals surface area (Å²) < 4.78 is 18.9. The van der Waals surface area contributed by atoms with Crippen LogP contribution in [0.15, 0.2) is 42.5 Å². The van der Waals surface area contributed by atoms with Crippen LogP contribution in [-0.2, 0) is 13.1 Å². The molecule has 2 aromatic rings. The molecule has 0 spiro atoms. The van der Waals surface area contributed by atoms with Gasteiger partial charge in [0.2, 0.25) is 0 Å². The van der Waals surface area contributed by atoms with Gasteiger partial charge in [-0.1, -0.05) is 32.0 Å². The van der Waals surface area contributed by atoms with Crippen LogP contribution >= 0.6 is 0 Å². The van der Waals surface area contributed by atoms with E-state index < -0.39 is 6.10 Å². The van der Waals surface area contributed by atoms with Crippen molar-refractivity contribution in [2.75, 3.05) is 13.2 Å². The molecule has 2 aromatic carbocycles. The zero-order valence-electron chi connectivity index (χ0n) is 14.9. The Morgan fingerprint density at radius 3 is 2.64 bits per heavy atom. The summed E-state index contributed by atoms with van der Waals surface area (Å²) in [6, 6.07) is 12.6. The predicted molar refractivity (Wildman–Crippen MR) is 96.9 cm³/mol. The molecule has 0 aliphatic carbocycles. The maximum atomic E-state index is 13.1. The summed E-state index contributed by atoms with van der Waals surface area (Å²) in [5.41, 5.74) is 3.13. The third-order valence-corrected chi connectivity index (χ3v) is 4.54. The van der Waals surface area contributed by atoms with Gasteiger partial charge in [0.15, 0.2) is 0 Å². The van der Waals surface area contributed by atoms with Crippen LogP contribution in [0.4, 0.5) is 4.39 Å². The lowest BCUT2D eigenvalue weighted by Gasteiger charge is -2.20. The number of benzene rings is 2. The molecule has 0 saturated carbocycles. The van der Waals surface area contributed by atoms with Crippen LogP contribution in [0.25, 0.3) is 0 Å². The highest BCUT2D eigenvalue weighted by Crippen LogP contribution is 2.29. The van der Waals surface area contributed by atoms with Crippen LogP contribution in [0.1, 0.15) is 43.1 Å². The smallest absolute Gasteiger partial charge is 0.123 e. The highest BCUT2D eigenvalue weighted by molar-refractivity contribution is 5.38. The monoisotopic (exact) mass is 343 g/mol. The van der Waals surface area contributed by atoms with Crippen molar-refractivity contribution >= 4 is 0 Å². The van der Waals surface area contributed by atoms with Gasteiger partial charge in [-0.05, 0) is 47.7 Å². The van der Waals surface area contributed by atoms with Crippen molar-refractivity contribution in [3.05, 3.63) is 65.0 Å². The van der Waals surface area contributed by atoms with Crippen molar-refractivity contribution < 1.29 is 14.2 Å². The molecule has 1 N–H and O–H groups in total. The Kier molecular flexibility index (Phi) is 5.71. The van der Waals surface area contributed by atoms with Gasteiger partial charge in [0.25, 0.3) is 0 Å². The van der Waals surface area contributed by atoms with E-state index in [1.807, 2.05) is 24.3 Å². The summed E-state index contributed by atoms with van der Waals surface area (Å²) in [6.45, 7) is 7.18. The van der Waals surface area contributed by atoms with Gasteiger partial charge in [-0.15, -0.1) is 0 Å². The van der Waals surface area contributed by atoms with Gasteiger partial charge < -0.3 is 9.84 Å². The first-order chi connectivity index (χ1) is 12.0. The largest absolute Gasteiger partial charge is 0.492 e. The molecule has 0 aromatic heterocycles. The number of ether oxygens (including phenoxy) is 1. The fourth-order valence-electron chi connectivity index (χ4n) is 3.24. The Hall–Kier alpha value is -1.91. The van der Waals surface area contributed by atoms with Gasteiger partial charge in [0, 0.05) is 25.2 Å². The molecule has 1 aliphatic rings. The number of aliphatic hydroxyl groups excluding tert-OH is 1. The number of rotatable bonds is 5. The topological polar surface area (TPSA) is 32.7 Å². The molecule has 1 unspecified atom stereocenters. The Balaban J connectivity index is 1.75. The molecule has 3 nitrogen and oxygen atoms in total. The van der Waals surface area contributed by atoms with Crippen LogP contribution in [0.5, 0.6) is 5.75 Å². The zero-order valence-corrected chi connectivity index (χ0v) is 14.9. The predicted octanol–water partition coefficient (Wildman–Crippen LogP) is 4.30. The standard InChI is InChI=1S/C21H26FNO2/c1-15(2)11-20(24)17-5-8-21-18(12-17)14-23(9-10-25-21)13-16-3-6-19(22)7-4-16/h3-8,12,15,20,24H,9-11,13-14H2,1-2H3. The van der Waals surface area contributed by atoms with Gasteiger partial charge in [-0.2, -0.15) is 0 Å². The molecular formula is C21H26FNO2.